The van der Waals surface area contributed by atoms with Gasteiger partial charge in [0.15, 0.2) is 0 Å². The number of fused-ring (bicyclic) bond motifs is 1. The Morgan fingerprint density at radius 1 is 1.06 bits per heavy atom. The van der Waals surface area contributed by atoms with Crippen molar-refractivity contribution in [3.05, 3.63) is 65.9 Å². The first-order valence-electron chi connectivity index (χ1n) is 12.5. The number of ether oxygens (including phenoxy) is 1. The summed E-state index contributed by atoms with van der Waals surface area (Å²) in [5.74, 6) is 2.37. The molecule has 1 saturated carbocycles. The predicted octanol–water partition coefficient (Wildman–Crippen LogP) is 6.52. The number of benzene rings is 2. The molecule has 1 amide bonds. The molecule has 1 aliphatic rings. The highest BCUT2D eigenvalue weighted by Gasteiger charge is 2.29. The third-order valence-electron chi connectivity index (χ3n) is 7.06. The van der Waals surface area contributed by atoms with Crippen LogP contribution in [0.1, 0.15) is 69.4 Å². The molecule has 1 heterocycles. The highest BCUT2D eigenvalue weighted by Crippen LogP contribution is 2.41. The van der Waals surface area contributed by atoms with Gasteiger partial charge >= 0.3 is 0 Å². The monoisotopic (exact) mass is 446 g/mol. The number of para-hydroxylation sites is 1. The lowest BCUT2D eigenvalue weighted by atomic mass is 9.75. The minimum absolute atomic E-state index is 0.186. The molecule has 4 rings (SSSR count). The number of aromatic nitrogens is 1. The third-order valence-corrected chi connectivity index (χ3v) is 7.06. The zero-order chi connectivity index (χ0) is 23.2. The fourth-order valence-electron chi connectivity index (χ4n) is 5.29. The van der Waals surface area contributed by atoms with Crippen LogP contribution in [-0.4, -0.2) is 24.1 Å². The van der Waals surface area contributed by atoms with Gasteiger partial charge in [-0.2, -0.15) is 0 Å². The Hall–Kier alpha value is -2.75. The molecule has 176 valence electrons. The SMILES string of the molecule is COc1ccc(Cn2cc([C@H](CC(=O)NCC(C)C)C3CCCCC3)c3ccccc32)cc1. The molecule has 0 aliphatic heterocycles. The Morgan fingerprint density at radius 3 is 2.48 bits per heavy atom. The van der Waals surface area contributed by atoms with E-state index in [9.17, 15) is 4.79 Å². The minimum Gasteiger partial charge on any atom is -0.497 e. The number of amides is 1. The summed E-state index contributed by atoms with van der Waals surface area (Å²) in [6.07, 6.45) is 9.22. The summed E-state index contributed by atoms with van der Waals surface area (Å²) in [7, 11) is 1.70. The van der Waals surface area contributed by atoms with Crippen LogP contribution in [0.4, 0.5) is 0 Å². The van der Waals surface area contributed by atoms with Gasteiger partial charge in [0.2, 0.25) is 5.91 Å². The molecule has 1 aliphatic carbocycles. The first kappa shape index (κ1) is 23.4. The molecule has 3 aromatic rings. The largest absolute Gasteiger partial charge is 0.497 e. The third kappa shape index (κ3) is 5.79. The second-order valence-electron chi connectivity index (χ2n) is 9.98. The summed E-state index contributed by atoms with van der Waals surface area (Å²) in [5.41, 5.74) is 3.82. The molecule has 0 saturated heterocycles. The van der Waals surface area contributed by atoms with Gasteiger partial charge < -0.3 is 14.6 Å². The molecule has 0 bridgehead atoms. The van der Waals surface area contributed by atoms with E-state index in [0.29, 0.717) is 18.3 Å². The van der Waals surface area contributed by atoms with Gasteiger partial charge in [-0.1, -0.05) is 63.4 Å². The molecule has 2 aromatic carbocycles. The van der Waals surface area contributed by atoms with E-state index in [0.717, 1.165) is 18.8 Å². The number of carbonyl (C=O) groups excluding carboxylic acids is 1. The van der Waals surface area contributed by atoms with Gasteiger partial charge in [0.25, 0.3) is 0 Å². The van der Waals surface area contributed by atoms with Crippen LogP contribution < -0.4 is 10.1 Å². The predicted molar refractivity (Wildman–Crippen MR) is 136 cm³/mol. The van der Waals surface area contributed by atoms with Crippen molar-refractivity contribution in [1.82, 2.24) is 9.88 Å². The standard InChI is InChI=1S/C29H38N2O2/c1-21(2)18-30-29(32)17-26(23-9-5-4-6-10-23)27-20-31(28-12-8-7-11-25(27)28)19-22-13-15-24(33-3)16-14-22/h7-8,11-16,20-21,23,26H,4-6,9-10,17-19H2,1-3H3,(H,30,32)/t26-/m1/s1. The molecule has 33 heavy (non-hydrogen) atoms. The van der Waals surface area contributed by atoms with Crippen molar-refractivity contribution in [2.24, 2.45) is 11.8 Å². The number of methoxy groups -OCH3 is 1. The fourth-order valence-corrected chi connectivity index (χ4v) is 5.29. The molecule has 0 spiro atoms. The Labute approximate surface area is 198 Å². The normalized spacial score (nSPS) is 15.6. The van der Waals surface area contributed by atoms with E-state index in [2.05, 4.69) is 66.3 Å². The molecule has 1 atom stereocenters. The number of nitrogens with one attached hydrogen (secondary N) is 1. The van der Waals surface area contributed by atoms with E-state index >= 15 is 0 Å². The van der Waals surface area contributed by atoms with Crippen molar-refractivity contribution < 1.29 is 9.53 Å². The van der Waals surface area contributed by atoms with E-state index in [-0.39, 0.29) is 11.8 Å². The molecule has 4 heteroatoms. The van der Waals surface area contributed by atoms with E-state index in [1.807, 2.05) is 12.1 Å². The molecule has 1 fully saturated rings. The summed E-state index contributed by atoms with van der Waals surface area (Å²) < 4.78 is 7.67. The Bertz CT molecular complexity index is 1050. The van der Waals surface area contributed by atoms with E-state index in [4.69, 9.17) is 4.74 Å². The van der Waals surface area contributed by atoms with Crippen LogP contribution in [0.3, 0.4) is 0 Å². The number of hydrogen-bond donors (Lipinski definition) is 1. The fraction of sp³-hybridized carbons (Fsp3) is 0.483. The lowest BCUT2D eigenvalue weighted by Gasteiger charge is -2.30. The zero-order valence-electron chi connectivity index (χ0n) is 20.3. The zero-order valence-corrected chi connectivity index (χ0v) is 20.3. The van der Waals surface area contributed by atoms with E-state index in [1.165, 1.54) is 54.1 Å². The second-order valence-corrected chi connectivity index (χ2v) is 9.98. The molecular formula is C29H38N2O2. The molecule has 1 N–H and O–H groups in total. The summed E-state index contributed by atoms with van der Waals surface area (Å²) in [6, 6.07) is 17.0. The van der Waals surface area contributed by atoms with Crippen LogP contribution in [-0.2, 0) is 11.3 Å². The van der Waals surface area contributed by atoms with Crippen molar-refractivity contribution in [2.75, 3.05) is 13.7 Å². The average molecular weight is 447 g/mol. The number of rotatable bonds is 9. The first-order chi connectivity index (χ1) is 16.0. The van der Waals surface area contributed by atoms with Crippen molar-refractivity contribution in [1.29, 1.82) is 0 Å². The minimum atomic E-state index is 0.186. The molecule has 1 aromatic heterocycles. The summed E-state index contributed by atoms with van der Waals surface area (Å²) in [4.78, 5) is 12.9. The van der Waals surface area contributed by atoms with E-state index < -0.39 is 0 Å². The van der Waals surface area contributed by atoms with Gasteiger partial charge in [-0.3, -0.25) is 4.79 Å². The van der Waals surface area contributed by atoms with Gasteiger partial charge in [-0.25, -0.2) is 0 Å². The Kier molecular flexibility index (Phi) is 7.74. The maximum absolute atomic E-state index is 12.9. The van der Waals surface area contributed by atoms with Crippen LogP contribution in [0.15, 0.2) is 54.7 Å². The van der Waals surface area contributed by atoms with Gasteiger partial charge in [0, 0.05) is 36.6 Å². The quantitative estimate of drug-likeness (QED) is 0.406. The second kappa shape index (κ2) is 10.9. The highest BCUT2D eigenvalue weighted by atomic mass is 16.5. The van der Waals surface area contributed by atoms with Crippen molar-refractivity contribution in [3.63, 3.8) is 0 Å². The number of nitrogens with zero attached hydrogens (tertiary/aromatic N) is 1. The Balaban J connectivity index is 1.66. The number of carbonyl (C=O) groups is 1. The average Bonchev–Trinajstić information content (AvgIpc) is 3.20. The van der Waals surface area contributed by atoms with Crippen molar-refractivity contribution >= 4 is 16.8 Å². The molecular weight excluding hydrogens is 408 g/mol. The van der Waals surface area contributed by atoms with Gasteiger partial charge in [0.1, 0.15) is 5.75 Å². The lowest BCUT2D eigenvalue weighted by Crippen LogP contribution is -2.30. The smallest absolute Gasteiger partial charge is 0.220 e. The summed E-state index contributed by atoms with van der Waals surface area (Å²) in [5, 5.41) is 4.46. The maximum Gasteiger partial charge on any atom is 0.220 e. The van der Waals surface area contributed by atoms with Gasteiger partial charge in [-0.15, -0.1) is 0 Å². The number of hydrogen-bond acceptors (Lipinski definition) is 2. The van der Waals surface area contributed by atoms with Crippen LogP contribution in [0.5, 0.6) is 5.75 Å². The van der Waals surface area contributed by atoms with Crippen LogP contribution in [0, 0.1) is 11.8 Å². The van der Waals surface area contributed by atoms with Crippen LogP contribution in [0.2, 0.25) is 0 Å². The molecule has 4 nitrogen and oxygen atoms in total. The van der Waals surface area contributed by atoms with Crippen LogP contribution >= 0.6 is 0 Å². The summed E-state index contributed by atoms with van der Waals surface area (Å²) >= 11 is 0. The summed E-state index contributed by atoms with van der Waals surface area (Å²) in [6.45, 7) is 5.84. The highest BCUT2D eigenvalue weighted by molar-refractivity contribution is 5.86. The Morgan fingerprint density at radius 2 is 1.79 bits per heavy atom. The van der Waals surface area contributed by atoms with Crippen LogP contribution in [0.25, 0.3) is 10.9 Å². The van der Waals surface area contributed by atoms with Gasteiger partial charge in [0.05, 0.1) is 7.11 Å². The topological polar surface area (TPSA) is 43.3 Å². The van der Waals surface area contributed by atoms with Crippen molar-refractivity contribution in [3.8, 4) is 5.75 Å². The van der Waals surface area contributed by atoms with Crippen molar-refractivity contribution in [2.45, 2.75) is 64.8 Å². The van der Waals surface area contributed by atoms with Gasteiger partial charge in [-0.05, 0) is 59.9 Å². The molecule has 0 radical (unpaired) electrons. The maximum atomic E-state index is 12.9. The lowest BCUT2D eigenvalue weighted by molar-refractivity contribution is -0.122. The first-order valence-corrected chi connectivity index (χ1v) is 12.5. The molecule has 0 unspecified atom stereocenters. The van der Waals surface area contributed by atoms with E-state index in [1.54, 1.807) is 7.11 Å².